The summed E-state index contributed by atoms with van der Waals surface area (Å²) in [5.41, 5.74) is 13.5. The summed E-state index contributed by atoms with van der Waals surface area (Å²) in [5, 5.41) is 4.36. The van der Waals surface area contributed by atoms with E-state index in [1.165, 1.54) is 16.7 Å². The van der Waals surface area contributed by atoms with Crippen molar-refractivity contribution in [3.8, 4) is 33.4 Å². The minimum atomic E-state index is 0.842. The molecule has 0 unspecified atom stereocenters. The Hall–Kier alpha value is -6.84. The van der Waals surface area contributed by atoms with Gasteiger partial charge in [0.15, 0.2) is 5.58 Å². The largest absolute Gasteiger partial charge is 0.456 e. The Labute approximate surface area is 295 Å². The molecule has 240 valence electrons. The van der Waals surface area contributed by atoms with Gasteiger partial charge in [0.25, 0.3) is 0 Å². The van der Waals surface area contributed by atoms with Crippen LogP contribution < -0.4 is 4.90 Å². The molecule has 2 heterocycles. The maximum atomic E-state index is 6.80. The number of hydrogen-bond donors (Lipinski definition) is 0. The zero-order chi connectivity index (χ0) is 33.7. The van der Waals surface area contributed by atoms with Crippen molar-refractivity contribution in [2.24, 2.45) is 0 Å². The minimum absolute atomic E-state index is 0.842. The Bertz CT molecular complexity index is 2850. The molecule has 0 amide bonds. The van der Waals surface area contributed by atoms with Crippen molar-refractivity contribution in [2.75, 3.05) is 4.90 Å². The van der Waals surface area contributed by atoms with Crippen molar-refractivity contribution in [1.29, 1.82) is 0 Å². The summed E-state index contributed by atoms with van der Waals surface area (Å²) in [6, 6.07) is 66.1. The third-order valence-corrected chi connectivity index (χ3v) is 9.88. The van der Waals surface area contributed by atoms with Gasteiger partial charge >= 0.3 is 0 Å². The van der Waals surface area contributed by atoms with Crippen LogP contribution in [0, 0.1) is 0 Å². The molecule has 0 N–H and O–H groups in total. The highest BCUT2D eigenvalue weighted by molar-refractivity contribution is 6.17. The third-order valence-electron chi connectivity index (χ3n) is 9.88. The zero-order valence-electron chi connectivity index (χ0n) is 27.7. The molecule has 10 rings (SSSR count). The van der Waals surface area contributed by atoms with E-state index in [4.69, 9.17) is 8.83 Å². The van der Waals surface area contributed by atoms with Gasteiger partial charge in [-0.05, 0) is 88.0 Å². The molecule has 51 heavy (non-hydrogen) atoms. The minimum Gasteiger partial charge on any atom is -0.456 e. The van der Waals surface area contributed by atoms with E-state index >= 15 is 0 Å². The average molecular weight is 654 g/mol. The first kappa shape index (κ1) is 29.1. The quantitative estimate of drug-likeness (QED) is 0.179. The molecular formula is C48H31NO2. The maximum Gasteiger partial charge on any atom is 0.160 e. The maximum absolute atomic E-state index is 6.80. The summed E-state index contributed by atoms with van der Waals surface area (Å²) in [6.45, 7) is 0. The SMILES string of the molecule is c1ccc(-c2cccc(-c3ccc(N(c4ccc5oc6ccccc6c5c4)c4ccc(-c5ccccc5)c5c4oc4ccccc45)cc3)c2)cc1. The number of nitrogens with zero attached hydrogens (tertiary/aromatic N) is 1. The van der Waals surface area contributed by atoms with Gasteiger partial charge in [0, 0.05) is 32.9 Å². The predicted molar refractivity (Wildman–Crippen MR) is 212 cm³/mol. The number of para-hydroxylation sites is 2. The van der Waals surface area contributed by atoms with Crippen molar-refractivity contribution in [3.05, 3.63) is 188 Å². The smallest absolute Gasteiger partial charge is 0.160 e. The molecule has 0 fully saturated rings. The predicted octanol–water partition coefficient (Wildman–Crippen LogP) is 14.0. The topological polar surface area (TPSA) is 29.5 Å². The summed E-state index contributed by atoms with van der Waals surface area (Å²) in [5.74, 6) is 0. The lowest BCUT2D eigenvalue weighted by molar-refractivity contribution is 0.669. The fraction of sp³-hybridized carbons (Fsp3) is 0. The van der Waals surface area contributed by atoms with Crippen LogP contribution in [0.3, 0.4) is 0 Å². The molecule has 0 radical (unpaired) electrons. The highest BCUT2D eigenvalue weighted by atomic mass is 16.3. The molecule has 0 aliphatic carbocycles. The Balaban J connectivity index is 1.18. The van der Waals surface area contributed by atoms with Crippen molar-refractivity contribution in [1.82, 2.24) is 0 Å². The van der Waals surface area contributed by atoms with E-state index < -0.39 is 0 Å². The summed E-state index contributed by atoms with van der Waals surface area (Å²) >= 11 is 0. The van der Waals surface area contributed by atoms with Crippen LogP contribution in [0.15, 0.2) is 197 Å². The fourth-order valence-electron chi connectivity index (χ4n) is 7.44. The van der Waals surface area contributed by atoms with Gasteiger partial charge in [-0.1, -0.05) is 133 Å². The molecule has 3 nitrogen and oxygen atoms in total. The number of anilines is 3. The van der Waals surface area contributed by atoms with E-state index in [0.717, 1.165) is 77.6 Å². The molecule has 0 aliphatic heterocycles. The molecule has 0 aliphatic rings. The van der Waals surface area contributed by atoms with Crippen LogP contribution in [0.25, 0.3) is 77.3 Å². The third kappa shape index (κ3) is 4.98. The van der Waals surface area contributed by atoms with Crippen molar-refractivity contribution >= 4 is 60.9 Å². The van der Waals surface area contributed by atoms with Gasteiger partial charge in [-0.2, -0.15) is 0 Å². The van der Waals surface area contributed by atoms with Gasteiger partial charge < -0.3 is 13.7 Å². The van der Waals surface area contributed by atoms with E-state index in [9.17, 15) is 0 Å². The molecule has 2 aromatic heterocycles. The molecule has 0 saturated carbocycles. The number of furan rings is 2. The van der Waals surface area contributed by atoms with Gasteiger partial charge in [0.2, 0.25) is 0 Å². The Morgan fingerprint density at radius 2 is 0.902 bits per heavy atom. The van der Waals surface area contributed by atoms with Crippen LogP contribution in [-0.2, 0) is 0 Å². The molecule has 0 spiro atoms. The van der Waals surface area contributed by atoms with Crippen LogP contribution in [-0.4, -0.2) is 0 Å². The lowest BCUT2D eigenvalue weighted by Gasteiger charge is -2.26. The molecular weight excluding hydrogens is 623 g/mol. The number of fused-ring (bicyclic) bond motifs is 6. The zero-order valence-corrected chi connectivity index (χ0v) is 27.7. The number of benzene rings is 8. The van der Waals surface area contributed by atoms with Gasteiger partial charge in [-0.3, -0.25) is 0 Å². The normalized spacial score (nSPS) is 11.5. The van der Waals surface area contributed by atoms with E-state index in [2.05, 4.69) is 175 Å². The van der Waals surface area contributed by atoms with Crippen LogP contribution >= 0.6 is 0 Å². The van der Waals surface area contributed by atoms with Crippen LogP contribution in [0.5, 0.6) is 0 Å². The first-order valence-corrected chi connectivity index (χ1v) is 17.3. The van der Waals surface area contributed by atoms with E-state index in [-0.39, 0.29) is 0 Å². The first-order chi connectivity index (χ1) is 25.3. The standard InChI is InChI=1S/C48H31NO2/c1-3-12-32(13-4-1)35-16-11-17-36(30-35)33-22-24-37(25-23-33)49(38-26-29-46-42(31-38)40-18-7-9-20-44(40)50-46)43-28-27-39(34-14-5-2-6-15-34)47-41-19-8-10-21-45(41)51-48(43)47/h1-31H. The first-order valence-electron chi connectivity index (χ1n) is 17.3. The Morgan fingerprint density at radius 1 is 0.333 bits per heavy atom. The molecule has 3 heteroatoms. The van der Waals surface area contributed by atoms with Gasteiger partial charge in [-0.25, -0.2) is 0 Å². The molecule has 0 bridgehead atoms. The number of hydrogen-bond acceptors (Lipinski definition) is 3. The Kier molecular flexibility index (Phi) is 6.81. The summed E-state index contributed by atoms with van der Waals surface area (Å²) in [7, 11) is 0. The molecule has 0 atom stereocenters. The number of rotatable bonds is 6. The van der Waals surface area contributed by atoms with Crippen molar-refractivity contribution in [2.45, 2.75) is 0 Å². The van der Waals surface area contributed by atoms with Gasteiger partial charge in [-0.15, -0.1) is 0 Å². The summed E-state index contributed by atoms with van der Waals surface area (Å²) in [6.07, 6.45) is 0. The van der Waals surface area contributed by atoms with E-state index in [0.29, 0.717) is 0 Å². The highest BCUT2D eigenvalue weighted by Gasteiger charge is 2.23. The Morgan fingerprint density at radius 3 is 1.65 bits per heavy atom. The fourth-order valence-corrected chi connectivity index (χ4v) is 7.44. The average Bonchev–Trinajstić information content (AvgIpc) is 3.78. The molecule has 8 aromatic carbocycles. The van der Waals surface area contributed by atoms with E-state index in [1.54, 1.807) is 0 Å². The highest BCUT2D eigenvalue weighted by Crippen LogP contribution is 2.47. The van der Waals surface area contributed by atoms with Crippen LogP contribution in [0.4, 0.5) is 17.1 Å². The van der Waals surface area contributed by atoms with E-state index in [1.807, 2.05) is 18.2 Å². The summed E-state index contributed by atoms with van der Waals surface area (Å²) in [4.78, 5) is 2.31. The van der Waals surface area contributed by atoms with Gasteiger partial charge in [0.05, 0.1) is 5.69 Å². The molecule has 0 saturated heterocycles. The second-order valence-electron chi connectivity index (χ2n) is 12.9. The molecule has 10 aromatic rings. The lowest BCUT2D eigenvalue weighted by Crippen LogP contribution is -2.10. The van der Waals surface area contributed by atoms with Crippen LogP contribution in [0.1, 0.15) is 0 Å². The summed E-state index contributed by atoms with van der Waals surface area (Å²) < 4.78 is 13.0. The second-order valence-corrected chi connectivity index (χ2v) is 12.9. The monoisotopic (exact) mass is 653 g/mol. The van der Waals surface area contributed by atoms with Crippen LogP contribution in [0.2, 0.25) is 0 Å². The van der Waals surface area contributed by atoms with Gasteiger partial charge in [0.1, 0.15) is 16.7 Å². The lowest BCUT2D eigenvalue weighted by atomic mass is 9.97. The van der Waals surface area contributed by atoms with Crippen molar-refractivity contribution < 1.29 is 8.83 Å². The van der Waals surface area contributed by atoms with Crippen molar-refractivity contribution in [3.63, 3.8) is 0 Å². The second kappa shape index (κ2) is 11.9.